The van der Waals surface area contributed by atoms with Crippen LogP contribution in [0, 0.1) is 5.41 Å². The average molecular weight is 277 g/mol. The predicted molar refractivity (Wildman–Crippen MR) is 75.7 cm³/mol. The van der Waals surface area contributed by atoms with E-state index in [0.29, 0.717) is 11.3 Å². The van der Waals surface area contributed by atoms with Crippen molar-refractivity contribution < 1.29 is 19.1 Å². The largest absolute Gasteiger partial charge is 0.491 e. The highest BCUT2D eigenvalue weighted by Gasteiger charge is 2.16. The maximum atomic E-state index is 11.6. The molecule has 0 bridgehead atoms. The lowest BCUT2D eigenvalue weighted by molar-refractivity contribution is -0.112. The topological polar surface area (TPSA) is 76.5 Å². The maximum Gasteiger partial charge on any atom is 0.338 e. The third kappa shape index (κ3) is 3.91. The van der Waals surface area contributed by atoms with Crippen LogP contribution < -0.4 is 4.74 Å². The van der Waals surface area contributed by atoms with Crippen molar-refractivity contribution in [2.45, 2.75) is 33.3 Å². The zero-order valence-electron chi connectivity index (χ0n) is 12.1. The van der Waals surface area contributed by atoms with Crippen molar-refractivity contribution in [3.8, 4) is 5.75 Å². The lowest BCUT2D eigenvalue weighted by atomic mass is 10.0. The fraction of sp³-hybridized carbons (Fsp3) is 0.400. The number of hydrogen-bond acceptors (Lipinski definition) is 5. The minimum Gasteiger partial charge on any atom is -0.491 e. The van der Waals surface area contributed by atoms with Crippen molar-refractivity contribution in [3.05, 3.63) is 29.3 Å². The van der Waals surface area contributed by atoms with E-state index in [1.54, 1.807) is 19.1 Å². The van der Waals surface area contributed by atoms with Gasteiger partial charge >= 0.3 is 5.97 Å². The number of methoxy groups -OCH3 is 1. The SMILES string of the molecule is CCC(=O)C(=N)c1cc(OC(C)C)cc(C(=O)OC)c1. The number of esters is 1. The smallest absolute Gasteiger partial charge is 0.338 e. The summed E-state index contributed by atoms with van der Waals surface area (Å²) >= 11 is 0. The molecule has 0 aliphatic carbocycles. The zero-order chi connectivity index (χ0) is 15.3. The molecular formula is C15H19NO4. The molecule has 1 aromatic carbocycles. The number of carbonyl (C=O) groups is 2. The Kier molecular flexibility index (Phi) is 5.43. The first-order valence-corrected chi connectivity index (χ1v) is 6.41. The first-order valence-electron chi connectivity index (χ1n) is 6.41. The molecule has 20 heavy (non-hydrogen) atoms. The molecule has 0 fully saturated rings. The van der Waals surface area contributed by atoms with Crippen molar-refractivity contribution in [1.82, 2.24) is 0 Å². The third-order valence-electron chi connectivity index (χ3n) is 2.59. The van der Waals surface area contributed by atoms with Crippen LogP contribution in [0.25, 0.3) is 0 Å². The molecule has 108 valence electrons. The standard InChI is InChI=1S/C15H19NO4/c1-5-13(17)14(16)10-6-11(15(18)19-4)8-12(7-10)20-9(2)3/h6-9,16H,5H2,1-4H3. The Bertz CT molecular complexity index is 535. The van der Waals surface area contributed by atoms with Crippen molar-refractivity contribution in [1.29, 1.82) is 5.41 Å². The molecule has 5 nitrogen and oxygen atoms in total. The van der Waals surface area contributed by atoms with E-state index in [2.05, 4.69) is 4.74 Å². The number of ketones is 1. The van der Waals surface area contributed by atoms with Gasteiger partial charge in [0, 0.05) is 12.0 Å². The molecule has 0 amide bonds. The normalized spacial score (nSPS) is 10.2. The minimum atomic E-state index is -0.530. The molecule has 0 saturated heterocycles. The lowest BCUT2D eigenvalue weighted by Gasteiger charge is -2.13. The number of ether oxygens (including phenoxy) is 2. The average Bonchev–Trinajstić information content (AvgIpc) is 2.43. The summed E-state index contributed by atoms with van der Waals surface area (Å²) in [5, 5.41) is 7.85. The summed E-state index contributed by atoms with van der Waals surface area (Å²) in [6.45, 7) is 5.40. The summed E-state index contributed by atoms with van der Waals surface area (Å²) in [5.41, 5.74) is 0.483. The second-order valence-electron chi connectivity index (χ2n) is 4.56. The van der Waals surface area contributed by atoms with Gasteiger partial charge in [-0.3, -0.25) is 10.2 Å². The van der Waals surface area contributed by atoms with Crippen LogP contribution in [0.4, 0.5) is 0 Å². The van der Waals surface area contributed by atoms with Crippen LogP contribution in [0.1, 0.15) is 43.1 Å². The van der Waals surface area contributed by atoms with Gasteiger partial charge in [-0.15, -0.1) is 0 Å². The zero-order valence-corrected chi connectivity index (χ0v) is 12.1. The lowest BCUT2D eigenvalue weighted by Crippen LogP contribution is -2.15. The van der Waals surface area contributed by atoms with E-state index in [-0.39, 0.29) is 29.6 Å². The Labute approximate surface area is 118 Å². The van der Waals surface area contributed by atoms with E-state index in [0.717, 1.165) is 0 Å². The summed E-state index contributed by atoms with van der Waals surface area (Å²) in [7, 11) is 1.28. The van der Waals surface area contributed by atoms with Crippen LogP contribution in [0.2, 0.25) is 0 Å². The van der Waals surface area contributed by atoms with Crippen molar-refractivity contribution >= 4 is 17.5 Å². The fourth-order valence-electron chi connectivity index (χ4n) is 1.66. The van der Waals surface area contributed by atoms with Gasteiger partial charge in [-0.1, -0.05) is 6.92 Å². The Morgan fingerprint density at radius 3 is 2.30 bits per heavy atom. The fourth-order valence-corrected chi connectivity index (χ4v) is 1.66. The predicted octanol–water partition coefficient (Wildman–Crippen LogP) is 2.61. The van der Waals surface area contributed by atoms with Crippen molar-refractivity contribution in [2.75, 3.05) is 7.11 Å². The van der Waals surface area contributed by atoms with E-state index < -0.39 is 5.97 Å². The molecule has 1 rings (SSSR count). The first-order chi connectivity index (χ1) is 9.38. The molecule has 0 unspecified atom stereocenters. The molecule has 1 N–H and O–H groups in total. The van der Waals surface area contributed by atoms with Crippen LogP contribution >= 0.6 is 0 Å². The highest BCUT2D eigenvalue weighted by molar-refractivity contribution is 6.45. The number of rotatable bonds is 6. The number of hydrogen-bond donors (Lipinski definition) is 1. The molecule has 0 atom stereocenters. The second-order valence-corrected chi connectivity index (χ2v) is 4.56. The molecule has 0 spiro atoms. The quantitative estimate of drug-likeness (QED) is 0.640. The van der Waals surface area contributed by atoms with Crippen LogP contribution in [-0.2, 0) is 9.53 Å². The summed E-state index contributed by atoms with van der Waals surface area (Å²) in [6, 6.07) is 4.59. The summed E-state index contributed by atoms with van der Waals surface area (Å²) in [5.74, 6) is -0.383. The van der Waals surface area contributed by atoms with Gasteiger partial charge in [-0.2, -0.15) is 0 Å². The summed E-state index contributed by atoms with van der Waals surface area (Å²) in [4.78, 5) is 23.2. The Morgan fingerprint density at radius 2 is 1.80 bits per heavy atom. The van der Waals surface area contributed by atoms with Gasteiger partial charge in [0.2, 0.25) is 0 Å². The van der Waals surface area contributed by atoms with E-state index in [1.165, 1.54) is 13.2 Å². The Balaban J connectivity index is 3.25. The molecule has 5 heteroatoms. The molecule has 0 saturated carbocycles. The van der Waals surface area contributed by atoms with Gasteiger partial charge in [-0.05, 0) is 32.0 Å². The van der Waals surface area contributed by atoms with Crippen LogP contribution in [-0.4, -0.2) is 30.7 Å². The highest BCUT2D eigenvalue weighted by Crippen LogP contribution is 2.20. The van der Waals surface area contributed by atoms with Gasteiger partial charge in [0.1, 0.15) is 11.5 Å². The molecule has 0 aliphatic rings. The van der Waals surface area contributed by atoms with Gasteiger partial charge in [-0.25, -0.2) is 4.79 Å². The number of carbonyl (C=O) groups excluding carboxylic acids is 2. The number of benzene rings is 1. The minimum absolute atomic E-state index is 0.0770. The van der Waals surface area contributed by atoms with Crippen LogP contribution in [0.15, 0.2) is 18.2 Å². The van der Waals surface area contributed by atoms with Crippen LogP contribution in [0.5, 0.6) is 5.75 Å². The maximum absolute atomic E-state index is 11.6. The number of nitrogens with one attached hydrogen (secondary N) is 1. The van der Waals surface area contributed by atoms with Crippen LogP contribution in [0.3, 0.4) is 0 Å². The summed E-state index contributed by atoms with van der Waals surface area (Å²) < 4.78 is 10.2. The molecule has 0 heterocycles. The Hall–Kier alpha value is -2.17. The van der Waals surface area contributed by atoms with Crippen molar-refractivity contribution in [2.24, 2.45) is 0 Å². The van der Waals surface area contributed by atoms with E-state index in [9.17, 15) is 9.59 Å². The highest BCUT2D eigenvalue weighted by atomic mass is 16.5. The molecule has 1 aromatic rings. The van der Waals surface area contributed by atoms with Gasteiger partial charge in [0.25, 0.3) is 0 Å². The number of Topliss-reactive ketones (excluding diaryl/α,β-unsaturated/α-hetero) is 1. The molecule has 0 aromatic heterocycles. The van der Waals surface area contributed by atoms with E-state index in [4.69, 9.17) is 10.1 Å². The van der Waals surface area contributed by atoms with E-state index >= 15 is 0 Å². The van der Waals surface area contributed by atoms with E-state index in [1.807, 2.05) is 13.8 Å². The van der Waals surface area contributed by atoms with Gasteiger partial charge < -0.3 is 9.47 Å². The third-order valence-corrected chi connectivity index (χ3v) is 2.59. The Morgan fingerprint density at radius 1 is 1.20 bits per heavy atom. The molecule has 0 radical (unpaired) electrons. The molecule has 0 aliphatic heterocycles. The molecular weight excluding hydrogens is 258 g/mol. The monoisotopic (exact) mass is 277 g/mol. The summed E-state index contributed by atoms with van der Waals surface area (Å²) in [6.07, 6.45) is 0.161. The first kappa shape index (κ1) is 15.9. The van der Waals surface area contributed by atoms with Gasteiger partial charge in [0.15, 0.2) is 5.78 Å². The van der Waals surface area contributed by atoms with Crippen molar-refractivity contribution in [3.63, 3.8) is 0 Å². The van der Waals surface area contributed by atoms with Gasteiger partial charge in [0.05, 0.1) is 18.8 Å². The second kappa shape index (κ2) is 6.84.